The number of carbonyl (C=O) groups is 1. The van der Waals surface area contributed by atoms with Gasteiger partial charge in [0.05, 0.1) is 0 Å². The van der Waals surface area contributed by atoms with Gasteiger partial charge in [-0.15, -0.1) is 12.4 Å². The highest BCUT2D eigenvalue weighted by molar-refractivity contribution is 5.85. The first-order valence-corrected chi connectivity index (χ1v) is 6.29. The van der Waals surface area contributed by atoms with Crippen molar-refractivity contribution in [2.24, 2.45) is 0 Å². The summed E-state index contributed by atoms with van der Waals surface area (Å²) in [5, 5.41) is 3.35. The Morgan fingerprint density at radius 1 is 1.41 bits per heavy atom. The van der Waals surface area contributed by atoms with E-state index in [9.17, 15) is 4.79 Å². The van der Waals surface area contributed by atoms with E-state index in [1.54, 1.807) is 0 Å². The van der Waals surface area contributed by atoms with Crippen LogP contribution in [0.1, 0.15) is 32.6 Å². The van der Waals surface area contributed by atoms with E-state index in [2.05, 4.69) is 5.32 Å². The fourth-order valence-corrected chi connectivity index (χ4v) is 2.00. The molecule has 1 N–H and O–H groups in total. The predicted octanol–water partition coefficient (Wildman–Crippen LogP) is 1.44. The molecule has 1 amide bonds. The number of ether oxygens (including phenoxy) is 1. The van der Waals surface area contributed by atoms with Crippen molar-refractivity contribution in [2.75, 3.05) is 33.4 Å². The summed E-state index contributed by atoms with van der Waals surface area (Å²) < 4.78 is 5.28. The van der Waals surface area contributed by atoms with Crippen molar-refractivity contribution >= 4 is 18.3 Å². The van der Waals surface area contributed by atoms with Gasteiger partial charge in [0.15, 0.2) is 0 Å². The van der Waals surface area contributed by atoms with E-state index in [0.29, 0.717) is 12.6 Å². The van der Waals surface area contributed by atoms with Crippen molar-refractivity contribution in [3.05, 3.63) is 0 Å². The fourth-order valence-electron chi connectivity index (χ4n) is 2.00. The van der Waals surface area contributed by atoms with Crippen molar-refractivity contribution in [1.82, 2.24) is 10.2 Å². The Morgan fingerprint density at radius 2 is 2.18 bits per heavy atom. The normalized spacial score (nSPS) is 20.2. The molecule has 5 heteroatoms. The first kappa shape index (κ1) is 16.7. The average Bonchev–Trinajstić information content (AvgIpc) is 2.56. The van der Waals surface area contributed by atoms with Crippen LogP contribution in [0.15, 0.2) is 0 Å². The Bertz CT molecular complexity index is 207. The zero-order chi connectivity index (χ0) is 11.8. The third-order valence-electron chi connectivity index (χ3n) is 3.06. The van der Waals surface area contributed by atoms with Gasteiger partial charge < -0.3 is 15.0 Å². The molecule has 0 radical (unpaired) electrons. The van der Waals surface area contributed by atoms with Crippen LogP contribution in [0.25, 0.3) is 0 Å². The minimum absolute atomic E-state index is 0. The van der Waals surface area contributed by atoms with Gasteiger partial charge in [0, 0.05) is 19.7 Å². The van der Waals surface area contributed by atoms with E-state index < -0.39 is 0 Å². The lowest BCUT2D eigenvalue weighted by Gasteiger charge is -2.26. The fraction of sp³-hybridized carbons (Fsp3) is 0.917. The Hall–Kier alpha value is -0.320. The number of nitrogens with zero attached hydrogens (tertiary/aromatic N) is 1. The number of halogens is 1. The monoisotopic (exact) mass is 264 g/mol. The van der Waals surface area contributed by atoms with E-state index in [4.69, 9.17) is 4.74 Å². The van der Waals surface area contributed by atoms with Gasteiger partial charge in [0.1, 0.15) is 6.61 Å². The summed E-state index contributed by atoms with van der Waals surface area (Å²) in [5.41, 5.74) is 0. The molecule has 0 bridgehead atoms. The quantitative estimate of drug-likeness (QED) is 0.764. The summed E-state index contributed by atoms with van der Waals surface area (Å²) >= 11 is 0. The largest absolute Gasteiger partial charge is 0.372 e. The van der Waals surface area contributed by atoms with E-state index in [1.165, 1.54) is 0 Å². The minimum atomic E-state index is 0. The summed E-state index contributed by atoms with van der Waals surface area (Å²) in [5.74, 6) is 0.111. The van der Waals surface area contributed by atoms with Crippen molar-refractivity contribution in [1.29, 1.82) is 0 Å². The van der Waals surface area contributed by atoms with Gasteiger partial charge >= 0.3 is 0 Å². The molecule has 1 unspecified atom stereocenters. The smallest absolute Gasteiger partial charge is 0.248 e. The summed E-state index contributed by atoms with van der Waals surface area (Å²) in [6, 6.07) is 0.382. The zero-order valence-corrected chi connectivity index (χ0v) is 11.7. The van der Waals surface area contributed by atoms with E-state index in [0.717, 1.165) is 38.8 Å². The average molecular weight is 265 g/mol. The molecule has 0 aliphatic carbocycles. The van der Waals surface area contributed by atoms with Crippen LogP contribution in [0.3, 0.4) is 0 Å². The molecule has 1 aliphatic rings. The molecule has 1 atom stereocenters. The molecule has 0 aromatic carbocycles. The van der Waals surface area contributed by atoms with Gasteiger partial charge in [-0.3, -0.25) is 4.79 Å². The Labute approximate surface area is 110 Å². The summed E-state index contributed by atoms with van der Waals surface area (Å²) in [6.07, 6.45) is 4.27. The van der Waals surface area contributed by atoms with Crippen LogP contribution in [0.2, 0.25) is 0 Å². The molecule has 4 nitrogen and oxygen atoms in total. The van der Waals surface area contributed by atoms with Crippen LogP contribution in [0.4, 0.5) is 0 Å². The molecule has 0 aromatic rings. The van der Waals surface area contributed by atoms with Crippen molar-refractivity contribution in [3.8, 4) is 0 Å². The highest BCUT2D eigenvalue weighted by Crippen LogP contribution is 2.11. The number of hydrogen-bond acceptors (Lipinski definition) is 3. The van der Waals surface area contributed by atoms with E-state index in [1.807, 2.05) is 18.9 Å². The van der Waals surface area contributed by atoms with Crippen molar-refractivity contribution < 1.29 is 9.53 Å². The molecule has 102 valence electrons. The summed E-state index contributed by atoms with van der Waals surface area (Å²) in [4.78, 5) is 13.7. The maximum absolute atomic E-state index is 11.8. The third-order valence-corrected chi connectivity index (χ3v) is 3.06. The van der Waals surface area contributed by atoms with Gasteiger partial charge in [-0.2, -0.15) is 0 Å². The first-order valence-electron chi connectivity index (χ1n) is 6.29. The number of carbonyl (C=O) groups excluding carboxylic acids is 1. The van der Waals surface area contributed by atoms with Crippen molar-refractivity contribution in [3.63, 3.8) is 0 Å². The highest BCUT2D eigenvalue weighted by Gasteiger charge is 2.20. The maximum Gasteiger partial charge on any atom is 0.248 e. The first-order chi connectivity index (χ1) is 7.75. The number of amides is 1. The molecular weight excluding hydrogens is 240 g/mol. The lowest BCUT2D eigenvalue weighted by molar-refractivity contribution is -0.137. The molecule has 0 spiro atoms. The van der Waals surface area contributed by atoms with Gasteiger partial charge in [-0.1, -0.05) is 6.92 Å². The number of likely N-dealkylation sites (N-methyl/N-ethyl adjacent to an activating group) is 1. The van der Waals surface area contributed by atoms with Crippen LogP contribution in [0.5, 0.6) is 0 Å². The van der Waals surface area contributed by atoms with E-state index >= 15 is 0 Å². The zero-order valence-electron chi connectivity index (χ0n) is 10.9. The Kier molecular flexibility index (Phi) is 9.50. The molecule has 1 rings (SSSR count). The molecule has 0 saturated carbocycles. The van der Waals surface area contributed by atoms with Gasteiger partial charge in [0.2, 0.25) is 5.91 Å². The number of hydrogen-bond donors (Lipinski definition) is 1. The Balaban J connectivity index is 0.00000256. The second kappa shape index (κ2) is 9.68. The second-order valence-electron chi connectivity index (χ2n) is 4.39. The summed E-state index contributed by atoms with van der Waals surface area (Å²) in [7, 11) is 1.90. The van der Waals surface area contributed by atoms with Crippen molar-refractivity contribution in [2.45, 2.75) is 38.6 Å². The Morgan fingerprint density at radius 3 is 2.88 bits per heavy atom. The molecule has 0 aromatic heterocycles. The molecule has 1 fully saturated rings. The second-order valence-corrected chi connectivity index (χ2v) is 4.39. The third kappa shape index (κ3) is 6.24. The van der Waals surface area contributed by atoms with Crippen LogP contribution >= 0.6 is 12.4 Å². The van der Waals surface area contributed by atoms with Gasteiger partial charge in [-0.25, -0.2) is 0 Å². The van der Waals surface area contributed by atoms with Crippen LogP contribution in [-0.4, -0.2) is 50.2 Å². The molecule has 1 saturated heterocycles. The van der Waals surface area contributed by atoms with Gasteiger partial charge in [-0.05, 0) is 38.8 Å². The SMILES string of the molecule is CCCOCC(=O)N(C)C1CCCNCC1.Cl. The maximum atomic E-state index is 11.8. The van der Waals surface area contributed by atoms with Gasteiger partial charge in [0.25, 0.3) is 0 Å². The topological polar surface area (TPSA) is 41.6 Å². The van der Waals surface area contributed by atoms with Crippen LogP contribution in [-0.2, 0) is 9.53 Å². The minimum Gasteiger partial charge on any atom is -0.372 e. The number of rotatable bonds is 5. The molecule has 1 heterocycles. The highest BCUT2D eigenvalue weighted by atomic mass is 35.5. The lowest BCUT2D eigenvalue weighted by Crippen LogP contribution is -2.39. The molecular formula is C12H25ClN2O2. The van der Waals surface area contributed by atoms with Crippen LogP contribution < -0.4 is 5.32 Å². The summed E-state index contributed by atoms with van der Waals surface area (Å²) in [6.45, 7) is 5.04. The standard InChI is InChI=1S/C12H24N2O2.ClH/c1-3-9-16-10-12(15)14(2)11-5-4-7-13-8-6-11;/h11,13H,3-10H2,1-2H3;1H. The predicted molar refractivity (Wildman–Crippen MR) is 71.6 cm³/mol. The van der Waals surface area contributed by atoms with Crippen LogP contribution in [0, 0.1) is 0 Å². The molecule has 17 heavy (non-hydrogen) atoms. The molecule has 1 aliphatic heterocycles. The van der Waals surface area contributed by atoms with E-state index in [-0.39, 0.29) is 24.9 Å². The lowest BCUT2D eigenvalue weighted by atomic mass is 10.1. The number of nitrogens with one attached hydrogen (secondary N) is 1.